The van der Waals surface area contributed by atoms with Crippen molar-refractivity contribution in [3.05, 3.63) is 66.9 Å². The molecule has 0 aliphatic rings. The molecule has 6 nitrogen and oxygen atoms in total. The Labute approximate surface area is 144 Å². The van der Waals surface area contributed by atoms with Crippen LogP contribution in [0.25, 0.3) is 21.9 Å². The summed E-state index contributed by atoms with van der Waals surface area (Å²) in [6, 6.07) is 17.8. The van der Waals surface area contributed by atoms with E-state index >= 15 is 0 Å². The molecule has 4 aromatic rings. The number of pyridine rings is 1. The minimum absolute atomic E-state index is 0.177. The third-order valence-corrected chi connectivity index (χ3v) is 3.66. The number of fused-ring (bicyclic) bond motifs is 2. The Balaban J connectivity index is 0.000000146. The highest BCUT2D eigenvalue weighted by molar-refractivity contribution is 6.61. The Morgan fingerprint density at radius 3 is 2.32 bits per heavy atom. The molecular weight excluding hydrogens is 320 g/mol. The van der Waals surface area contributed by atoms with Crippen molar-refractivity contribution in [1.29, 1.82) is 0 Å². The standard InChI is InChI=1S/C9H8BNO2.C8H7BO3/c12-10(13)8-4-1-5-9-7(8)3-2-6-11-9;10-9(11)8-5-6-3-1-2-4-7(6)12-8/h1-6,12-13H;1-5,10-11H. The monoisotopic (exact) mass is 335 g/mol. The second kappa shape index (κ2) is 7.50. The predicted octanol–water partition coefficient (Wildman–Crippen LogP) is 0.0272. The average molecular weight is 335 g/mol. The van der Waals surface area contributed by atoms with Gasteiger partial charge in [0, 0.05) is 11.6 Å². The van der Waals surface area contributed by atoms with Crippen molar-refractivity contribution < 1.29 is 24.5 Å². The molecule has 4 N–H and O–H groups in total. The molecule has 0 spiro atoms. The van der Waals surface area contributed by atoms with Gasteiger partial charge in [0.05, 0.1) is 5.52 Å². The van der Waals surface area contributed by atoms with Crippen molar-refractivity contribution in [3.63, 3.8) is 0 Å². The van der Waals surface area contributed by atoms with E-state index in [1.54, 1.807) is 36.5 Å². The van der Waals surface area contributed by atoms with Crippen LogP contribution in [0.1, 0.15) is 0 Å². The Morgan fingerprint density at radius 1 is 0.800 bits per heavy atom. The van der Waals surface area contributed by atoms with E-state index in [-0.39, 0.29) is 5.66 Å². The summed E-state index contributed by atoms with van der Waals surface area (Å²) in [5, 5.41) is 37.3. The van der Waals surface area contributed by atoms with Gasteiger partial charge in [-0.25, -0.2) is 0 Å². The summed E-state index contributed by atoms with van der Waals surface area (Å²) >= 11 is 0. The van der Waals surface area contributed by atoms with Crippen LogP contribution in [-0.4, -0.2) is 39.3 Å². The molecule has 124 valence electrons. The molecule has 0 atom stereocenters. The van der Waals surface area contributed by atoms with E-state index in [0.29, 0.717) is 11.0 Å². The Hall–Kier alpha value is -2.64. The van der Waals surface area contributed by atoms with Crippen LogP contribution in [0.5, 0.6) is 0 Å². The van der Waals surface area contributed by atoms with Gasteiger partial charge in [-0.3, -0.25) is 4.98 Å². The SMILES string of the molecule is OB(O)c1cc2ccccc2o1.OB(O)c1cccc2ncccc12. The highest BCUT2D eigenvalue weighted by atomic mass is 16.4. The third-order valence-electron chi connectivity index (χ3n) is 3.66. The lowest BCUT2D eigenvalue weighted by Gasteiger charge is -2.03. The fourth-order valence-electron chi connectivity index (χ4n) is 2.48. The van der Waals surface area contributed by atoms with Crippen LogP contribution in [0, 0.1) is 0 Å². The van der Waals surface area contributed by atoms with Gasteiger partial charge in [0.2, 0.25) is 0 Å². The lowest BCUT2D eigenvalue weighted by molar-refractivity contribution is 0.412. The summed E-state index contributed by atoms with van der Waals surface area (Å²) in [6.07, 6.45) is 1.68. The van der Waals surface area contributed by atoms with Crippen molar-refractivity contribution >= 4 is 47.2 Å². The first-order chi connectivity index (χ1) is 12.1. The maximum atomic E-state index is 9.05. The molecule has 0 amide bonds. The largest absolute Gasteiger partial charge is 0.526 e. The smallest absolute Gasteiger partial charge is 0.465 e. The second-order valence-corrected chi connectivity index (χ2v) is 5.35. The number of aromatic nitrogens is 1. The number of hydrogen-bond acceptors (Lipinski definition) is 6. The Morgan fingerprint density at radius 2 is 1.60 bits per heavy atom. The van der Waals surface area contributed by atoms with Crippen LogP contribution in [0.3, 0.4) is 0 Å². The van der Waals surface area contributed by atoms with E-state index in [4.69, 9.17) is 24.5 Å². The van der Waals surface area contributed by atoms with E-state index in [2.05, 4.69) is 4.98 Å². The second-order valence-electron chi connectivity index (χ2n) is 5.35. The van der Waals surface area contributed by atoms with Gasteiger partial charge in [-0.2, -0.15) is 0 Å². The number of nitrogens with zero attached hydrogens (tertiary/aromatic N) is 1. The van der Waals surface area contributed by atoms with Gasteiger partial charge >= 0.3 is 14.2 Å². The zero-order chi connectivity index (χ0) is 17.8. The van der Waals surface area contributed by atoms with Gasteiger partial charge in [-0.05, 0) is 35.1 Å². The Kier molecular flexibility index (Phi) is 5.16. The van der Waals surface area contributed by atoms with E-state index in [0.717, 1.165) is 16.3 Å². The zero-order valence-electron chi connectivity index (χ0n) is 13.1. The molecule has 0 radical (unpaired) electrons. The van der Waals surface area contributed by atoms with Crippen molar-refractivity contribution in [3.8, 4) is 0 Å². The van der Waals surface area contributed by atoms with Crippen LogP contribution in [-0.2, 0) is 0 Å². The zero-order valence-corrected chi connectivity index (χ0v) is 13.1. The molecule has 2 heterocycles. The maximum absolute atomic E-state index is 9.05. The van der Waals surface area contributed by atoms with Crippen LogP contribution in [0.15, 0.2) is 71.3 Å². The lowest BCUT2D eigenvalue weighted by atomic mass is 9.78. The topological polar surface area (TPSA) is 107 Å². The van der Waals surface area contributed by atoms with E-state index < -0.39 is 14.2 Å². The molecule has 0 unspecified atom stereocenters. The van der Waals surface area contributed by atoms with E-state index in [1.165, 1.54) is 0 Å². The number of para-hydroxylation sites is 1. The molecule has 0 aliphatic carbocycles. The lowest BCUT2D eigenvalue weighted by Crippen LogP contribution is -2.30. The molecule has 0 bridgehead atoms. The third kappa shape index (κ3) is 3.89. The van der Waals surface area contributed by atoms with E-state index in [1.807, 2.05) is 30.3 Å². The van der Waals surface area contributed by atoms with Gasteiger partial charge in [0.15, 0.2) is 0 Å². The first-order valence-electron chi connectivity index (χ1n) is 7.60. The van der Waals surface area contributed by atoms with Gasteiger partial charge in [0.1, 0.15) is 11.2 Å². The quantitative estimate of drug-likeness (QED) is 0.385. The summed E-state index contributed by atoms with van der Waals surface area (Å²) in [4.78, 5) is 4.10. The molecule has 0 aliphatic heterocycles. The van der Waals surface area contributed by atoms with Crippen LogP contribution in [0.2, 0.25) is 0 Å². The molecule has 0 fully saturated rings. The van der Waals surface area contributed by atoms with Crippen molar-refractivity contribution in [2.75, 3.05) is 0 Å². The summed E-state index contributed by atoms with van der Waals surface area (Å²) < 4.78 is 5.13. The van der Waals surface area contributed by atoms with Crippen molar-refractivity contribution in [2.24, 2.45) is 0 Å². The van der Waals surface area contributed by atoms with Crippen LogP contribution >= 0.6 is 0 Å². The number of furan rings is 1. The fraction of sp³-hybridized carbons (Fsp3) is 0. The first kappa shape index (κ1) is 17.2. The minimum Gasteiger partial charge on any atom is -0.465 e. The fourth-order valence-corrected chi connectivity index (χ4v) is 2.48. The summed E-state index contributed by atoms with van der Waals surface area (Å²) in [7, 11) is -2.97. The van der Waals surface area contributed by atoms with Gasteiger partial charge in [0.25, 0.3) is 0 Å². The summed E-state index contributed by atoms with van der Waals surface area (Å²) in [6.45, 7) is 0. The number of benzene rings is 2. The van der Waals surface area contributed by atoms with Crippen molar-refractivity contribution in [2.45, 2.75) is 0 Å². The molecule has 4 rings (SSSR count). The Bertz CT molecular complexity index is 949. The molecule has 8 heteroatoms. The molecule has 0 saturated carbocycles. The maximum Gasteiger partial charge on any atom is 0.526 e. The summed E-state index contributed by atoms with van der Waals surface area (Å²) in [5.41, 5.74) is 2.11. The summed E-state index contributed by atoms with van der Waals surface area (Å²) in [5.74, 6) is 0. The predicted molar refractivity (Wildman–Crippen MR) is 97.6 cm³/mol. The highest BCUT2D eigenvalue weighted by Crippen LogP contribution is 2.12. The van der Waals surface area contributed by atoms with Gasteiger partial charge in [-0.15, -0.1) is 0 Å². The minimum atomic E-state index is -1.53. The first-order valence-corrected chi connectivity index (χ1v) is 7.60. The molecule has 2 aromatic carbocycles. The van der Waals surface area contributed by atoms with Crippen LogP contribution in [0.4, 0.5) is 0 Å². The normalized spacial score (nSPS) is 10.4. The van der Waals surface area contributed by atoms with Gasteiger partial charge in [-0.1, -0.05) is 36.4 Å². The van der Waals surface area contributed by atoms with Gasteiger partial charge < -0.3 is 24.5 Å². The molecular formula is C17H15B2NO5. The molecule has 25 heavy (non-hydrogen) atoms. The highest BCUT2D eigenvalue weighted by Gasteiger charge is 2.16. The van der Waals surface area contributed by atoms with E-state index in [9.17, 15) is 0 Å². The number of rotatable bonds is 2. The molecule has 0 saturated heterocycles. The van der Waals surface area contributed by atoms with Crippen LogP contribution < -0.4 is 11.1 Å². The number of hydrogen-bond donors (Lipinski definition) is 4. The molecule has 2 aromatic heterocycles. The van der Waals surface area contributed by atoms with Crippen molar-refractivity contribution in [1.82, 2.24) is 4.98 Å². The average Bonchev–Trinajstić information content (AvgIpc) is 3.06.